The summed E-state index contributed by atoms with van der Waals surface area (Å²) in [4.78, 5) is 55.1. The molecule has 2 aromatic rings. The van der Waals surface area contributed by atoms with E-state index in [0.29, 0.717) is 6.54 Å². The number of thioether (sulfide) groups is 1. The van der Waals surface area contributed by atoms with Crippen molar-refractivity contribution in [1.29, 1.82) is 0 Å². The second-order valence-electron chi connectivity index (χ2n) is 10.1. The van der Waals surface area contributed by atoms with Crippen LogP contribution in [0.2, 0.25) is 0 Å². The Balaban J connectivity index is 1.56. The molecule has 2 heterocycles. The van der Waals surface area contributed by atoms with Gasteiger partial charge in [0.05, 0.1) is 17.3 Å². The lowest BCUT2D eigenvalue weighted by Gasteiger charge is -2.33. The van der Waals surface area contributed by atoms with Gasteiger partial charge >= 0.3 is 0 Å². The van der Waals surface area contributed by atoms with Gasteiger partial charge in [-0.15, -0.1) is 18.3 Å². The van der Waals surface area contributed by atoms with Gasteiger partial charge in [0.25, 0.3) is 17.7 Å². The van der Waals surface area contributed by atoms with Gasteiger partial charge in [0.2, 0.25) is 5.91 Å². The van der Waals surface area contributed by atoms with Crippen LogP contribution >= 0.6 is 11.8 Å². The topological polar surface area (TPSA) is 131 Å². The number of rotatable bonds is 9. The van der Waals surface area contributed by atoms with E-state index in [9.17, 15) is 24.3 Å². The molecule has 0 radical (unpaired) electrons. The zero-order chi connectivity index (χ0) is 29.5. The lowest BCUT2D eigenvalue weighted by molar-refractivity contribution is -0.149. The van der Waals surface area contributed by atoms with Crippen molar-refractivity contribution >= 4 is 41.1 Å². The monoisotopic (exact) mass is 577 g/mol. The fourth-order valence-electron chi connectivity index (χ4n) is 4.79. The number of hydrogen-bond donors (Lipinski definition) is 3. The van der Waals surface area contributed by atoms with E-state index in [1.54, 1.807) is 4.90 Å². The van der Waals surface area contributed by atoms with Gasteiger partial charge in [0.1, 0.15) is 11.8 Å². The Labute approximate surface area is 243 Å². The number of hydrazone groups is 1. The highest BCUT2D eigenvalue weighted by atomic mass is 32.2. The number of aryl methyl sites for hydroxylation is 1. The second-order valence-corrected chi connectivity index (χ2v) is 11.4. The highest BCUT2D eigenvalue weighted by Crippen LogP contribution is 2.28. The van der Waals surface area contributed by atoms with Crippen molar-refractivity contribution in [2.75, 3.05) is 5.88 Å². The van der Waals surface area contributed by atoms with Crippen LogP contribution in [0.5, 0.6) is 0 Å². The molecule has 2 aromatic carbocycles. The van der Waals surface area contributed by atoms with Crippen LogP contribution in [0.15, 0.2) is 72.4 Å². The zero-order valence-electron chi connectivity index (χ0n) is 23.2. The first-order valence-corrected chi connectivity index (χ1v) is 14.5. The number of aliphatic hydroxyl groups is 1. The molecular weight excluding hydrogens is 542 g/mol. The lowest BCUT2D eigenvalue weighted by Crippen LogP contribution is -2.57. The summed E-state index contributed by atoms with van der Waals surface area (Å²) in [6, 6.07) is 15.0. The van der Waals surface area contributed by atoms with E-state index >= 15 is 0 Å². The van der Waals surface area contributed by atoms with Gasteiger partial charge in [-0.05, 0) is 37.0 Å². The highest BCUT2D eigenvalue weighted by molar-refractivity contribution is 7.99. The highest BCUT2D eigenvalue weighted by Gasteiger charge is 2.41. The summed E-state index contributed by atoms with van der Waals surface area (Å²) in [7, 11) is 0. The number of nitrogens with zero attached hydrogens (tertiary/aromatic N) is 3. The molecule has 0 saturated carbocycles. The Bertz CT molecular complexity index is 1330. The van der Waals surface area contributed by atoms with Gasteiger partial charge in [-0.2, -0.15) is 5.10 Å². The minimum absolute atomic E-state index is 0.104. The van der Waals surface area contributed by atoms with Crippen LogP contribution in [-0.2, 0) is 32.1 Å². The Morgan fingerprint density at radius 3 is 2.54 bits per heavy atom. The van der Waals surface area contributed by atoms with Crippen molar-refractivity contribution in [3.8, 4) is 0 Å². The average molecular weight is 578 g/mol. The molecular formula is C30H35N5O5S. The fourth-order valence-corrected chi connectivity index (χ4v) is 5.81. The SMILES string of the molecule is C=C[C@H]1C(=O)N(Cc2ccccc2C)C(C)SCN1C(=O)[C@@H](O)[C@H](Cc1ccccc1)NC(=O)C1=NNC(=O)CC1. The smallest absolute Gasteiger partial charge is 0.267 e. The predicted octanol–water partition coefficient (Wildman–Crippen LogP) is 2.11. The molecule has 4 atom stereocenters. The maximum Gasteiger partial charge on any atom is 0.267 e. The Morgan fingerprint density at radius 2 is 1.88 bits per heavy atom. The third kappa shape index (κ3) is 7.22. The summed E-state index contributed by atoms with van der Waals surface area (Å²) in [6.07, 6.45) is 0.169. The van der Waals surface area contributed by atoms with Crippen molar-refractivity contribution in [1.82, 2.24) is 20.5 Å². The van der Waals surface area contributed by atoms with E-state index < -0.39 is 30.0 Å². The molecule has 1 fully saturated rings. The first-order chi connectivity index (χ1) is 19.7. The van der Waals surface area contributed by atoms with Crippen molar-refractivity contribution in [3.05, 3.63) is 83.9 Å². The molecule has 3 N–H and O–H groups in total. The molecule has 4 rings (SSSR count). The number of aliphatic hydroxyl groups excluding tert-OH is 1. The van der Waals surface area contributed by atoms with Crippen molar-refractivity contribution in [3.63, 3.8) is 0 Å². The van der Waals surface area contributed by atoms with E-state index in [0.717, 1.165) is 16.7 Å². The quantitative estimate of drug-likeness (QED) is 0.392. The normalized spacial score (nSPS) is 20.8. The number of nitrogens with one attached hydrogen (secondary N) is 2. The number of carbonyl (C=O) groups excluding carboxylic acids is 4. The first kappa shape index (κ1) is 30.0. The molecule has 10 nitrogen and oxygen atoms in total. The van der Waals surface area contributed by atoms with Gasteiger partial charge in [-0.1, -0.05) is 60.7 Å². The van der Waals surface area contributed by atoms with E-state index in [1.165, 1.54) is 22.7 Å². The van der Waals surface area contributed by atoms with Crippen LogP contribution in [0.1, 0.15) is 36.5 Å². The Kier molecular flexibility index (Phi) is 9.95. The largest absolute Gasteiger partial charge is 0.381 e. The van der Waals surface area contributed by atoms with Gasteiger partial charge in [0, 0.05) is 19.4 Å². The third-order valence-corrected chi connectivity index (χ3v) is 8.45. The fraction of sp³-hybridized carbons (Fsp3) is 0.367. The predicted molar refractivity (Wildman–Crippen MR) is 157 cm³/mol. The molecule has 4 amide bonds. The molecule has 0 spiro atoms. The van der Waals surface area contributed by atoms with E-state index in [-0.39, 0.29) is 48.0 Å². The van der Waals surface area contributed by atoms with Crippen LogP contribution in [0.3, 0.4) is 0 Å². The van der Waals surface area contributed by atoms with Crippen molar-refractivity contribution in [2.24, 2.45) is 5.10 Å². The summed E-state index contributed by atoms with van der Waals surface area (Å²) < 4.78 is 0. The van der Waals surface area contributed by atoms with Gasteiger partial charge in [-0.25, -0.2) is 5.43 Å². The summed E-state index contributed by atoms with van der Waals surface area (Å²) in [5.41, 5.74) is 5.25. The summed E-state index contributed by atoms with van der Waals surface area (Å²) in [6.45, 7) is 8.10. The Morgan fingerprint density at radius 1 is 1.17 bits per heavy atom. The minimum atomic E-state index is -1.66. The maximum atomic E-state index is 13.8. The van der Waals surface area contributed by atoms with Crippen LogP contribution in [0.4, 0.5) is 0 Å². The average Bonchev–Trinajstić information content (AvgIpc) is 3.09. The molecule has 41 heavy (non-hydrogen) atoms. The van der Waals surface area contributed by atoms with Crippen molar-refractivity contribution in [2.45, 2.75) is 63.2 Å². The van der Waals surface area contributed by atoms with Gasteiger partial charge in [-0.3, -0.25) is 19.2 Å². The molecule has 0 aromatic heterocycles. The molecule has 0 bridgehead atoms. The van der Waals surface area contributed by atoms with Crippen LogP contribution in [-0.4, -0.2) is 73.7 Å². The van der Waals surface area contributed by atoms with E-state index in [1.807, 2.05) is 68.4 Å². The lowest BCUT2D eigenvalue weighted by atomic mass is 9.99. The summed E-state index contributed by atoms with van der Waals surface area (Å²) in [5.74, 6) is -1.72. The number of benzene rings is 2. The maximum absolute atomic E-state index is 13.8. The standard InChI is InChI=1S/C30H35N5O5S/c1-4-25-29(39)34(17-22-13-9-8-10-19(22)2)20(3)41-18-35(25)30(40)27(37)24(16-21-11-6-5-7-12-21)31-28(38)23-14-15-26(36)33-32-23/h4-13,20,24-25,27,37H,1,14-18H2,2-3H3,(H,31,38)(H,33,36)/t20?,24-,25-,27-/m0/s1. The van der Waals surface area contributed by atoms with Crippen molar-refractivity contribution < 1.29 is 24.3 Å². The summed E-state index contributed by atoms with van der Waals surface area (Å²) in [5, 5.41) is 17.7. The first-order valence-electron chi connectivity index (χ1n) is 13.5. The molecule has 216 valence electrons. The minimum Gasteiger partial charge on any atom is -0.381 e. The van der Waals surface area contributed by atoms with Crippen LogP contribution in [0.25, 0.3) is 0 Å². The molecule has 1 unspecified atom stereocenters. The Hall–Kier alpha value is -3.96. The van der Waals surface area contributed by atoms with E-state index in [4.69, 9.17) is 0 Å². The zero-order valence-corrected chi connectivity index (χ0v) is 24.0. The van der Waals surface area contributed by atoms with E-state index in [2.05, 4.69) is 22.4 Å². The molecule has 0 aliphatic carbocycles. The molecule has 2 aliphatic heterocycles. The van der Waals surface area contributed by atoms with Crippen LogP contribution < -0.4 is 10.7 Å². The summed E-state index contributed by atoms with van der Waals surface area (Å²) >= 11 is 1.41. The molecule has 1 saturated heterocycles. The number of amides is 4. The number of hydrogen-bond acceptors (Lipinski definition) is 7. The van der Waals surface area contributed by atoms with Gasteiger partial charge < -0.3 is 20.2 Å². The van der Waals surface area contributed by atoms with Crippen LogP contribution in [0, 0.1) is 6.92 Å². The molecule has 2 aliphatic rings. The third-order valence-electron chi connectivity index (χ3n) is 7.29. The molecule has 11 heteroatoms. The second kappa shape index (κ2) is 13.6. The number of carbonyl (C=O) groups is 4. The van der Waals surface area contributed by atoms with Gasteiger partial charge in [0.15, 0.2) is 6.10 Å².